The number of hydrogen-bond donors (Lipinski definition) is 5. The Balaban J connectivity index is 2.13. The Kier molecular flexibility index (Phi) is 6.66. The number of carbonyl (C=O) groups is 4. The van der Waals surface area contributed by atoms with E-state index in [-0.39, 0.29) is 17.7 Å². The predicted octanol–water partition coefficient (Wildman–Crippen LogP) is 1.22. The smallest absolute Gasteiger partial charge is 0.305 e. The Morgan fingerprint density at radius 2 is 1.81 bits per heavy atom. The number of halogens is 1. The second-order valence-corrected chi connectivity index (χ2v) is 10.9. The number of phenols is 1. The molecule has 0 saturated carbocycles. The fourth-order valence-corrected chi connectivity index (χ4v) is 6.94. The lowest BCUT2D eigenvalue weighted by Gasteiger charge is -2.54. The van der Waals surface area contributed by atoms with E-state index in [0.29, 0.717) is 9.13 Å². The van der Waals surface area contributed by atoms with Gasteiger partial charge in [0.2, 0.25) is 5.78 Å². The molecule has 198 valence electrons. The number of likely N-dealkylation sites (N-methyl/N-ethyl adjacent to an activating group) is 1. The van der Waals surface area contributed by atoms with Crippen molar-refractivity contribution in [3.63, 3.8) is 0 Å². The van der Waals surface area contributed by atoms with E-state index in [9.17, 15) is 39.6 Å². The van der Waals surface area contributed by atoms with E-state index in [4.69, 9.17) is 10.5 Å². The van der Waals surface area contributed by atoms with E-state index < -0.39 is 81.6 Å². The maximum absolute atomic E-state index is 13.8. The zero-order chi connectivity index (χ0) is 27.7. The fourth-order valence-electron chi connectivity index (χ4n) is 6.00. The van der Waals surface area contributed by atoms with Crippen LogP contribution in [-0.4, -0.2) is 80.6 Å². The first kappa shape index (κ1) is 27.1. The largest absolute Gasteiger partial charge is 0.510 e. The van der Waals surface area contributed by atoms with E-state index in [0.717, 1.165) is 0 Å². The number of nitrogens with two attached hydrogens (primary N) is 1. The summed E-state index contributed by atoms with van der Waals surface area (Å²) in [4.78, 5) is 53.6. The lowest BCUT2D eigenvalue weighted by atomic mass is 9.55. The molecule has 3 aliphatic carbocycles. The highest BCUT2D eigenvalue weighted by Gasteiger charge is 2.68. The molecule has 0 saturated heterocycles. The number of aromatic hydroxyl groups is 1. The molecule has 0 unspecified atom stereocenters. The van der Waals surface area contributed by atoms with E-state index in [1.807, 2.05) is 22.6 Å². The quantitative estimate of drug-likeness (QED) is 0.185. The molecule has 12 heteroatoms. The third-order valence-corrected chi connectivity index (χ3v) is 8.53. The van der Waals surface area contributed by atoms with Gasteiger partial charge in [0.15, 0.2) is 11.4 Å². The van der Waals surface area contributed by atoms with Gasteiger partial charge < -0.3 is 30.9 Å². The Morgan fingerprint density at radius 1 is 1.19 bits per heavy atom. The summed E-state index contributed by atoms with van der Waals surface area (Å²) < 4.78 is 6.41. The molecule has 0 aromatic heterocycles. The molecule has 11 nitrogen and oxygen atoms in total. The number of primary amides is 1. The number of amides is 1. The number of hydrogen-bond acceptors (Lipinski definition) is 10. The molecule has 1 aromatic rings. The Labute approximate surface area is 225 Å². The van der Waals surface area contributed by atoms with Crippen LogP contribution < -0.4 is 5.73 Å². The molecular formula is C25H27IN2O9. The monoisotopic (exact) mass is 626 g/mol. The highest BCUT2D eigenvalue weighted by Crippen LogP contribution is 2.56. The number of rotatable bonds is 4. The number of benzene rings is 1. The Bertz CT molecular complexity index is 1320. The van der Waals surface area contributed by atoms with Crippen molar-refractivity contribution in [2.24, 2.45) is 17.6 Å². The molecule has 0 bridgehead atoms. The van der Waals surface area contributed by atoms with Gasteiger partial charge in [0, 0.05) is 21.5 Å². The molecule has 0 fully saturated rings. The van der Waals surface area contributed by atoms with E-state index in [2.05, 4.69) is 0 Å². The Morgan fingerprint density at radius 3 is 2.35 bits per heavy atom. The van der Waals surface area contributed by atoms with Crippen LogP contribution >= 0.6 is 22.6 Å². The van der Waals surface area contributed by atoms with Crippen LogP contribution in [-0.2, 0) is 19.1 Å². The van der Waals surface area contributed by atoms with Crippen LogP contribution in [0.15, 0.2) is 34.8 Å². The summed E-state index contributed by atoms with van der Waals surface area (Å²) in [6.45, 7) is 3.25. The van der Waals surface area contributed by atoms with Crippen molar-refractivity contribution in [2.75, 3.05) is 14.1 Å². The molecule has 6 N–H and O–H groups in total. The van der Waals surface area contributed by atoms with Crippen molar-refractivity contribution in [1.29, 1.82) is 0 Å². The third kappa shape index (κ3) is 3.60. The minimum Gasteiger partial charge on any atom is -0.510 e. The van der Waals surface area contributed by atoms with E-state index in [1.165, 1.54) is 32.0 Å². The van der Waals surface area contributed by atoms with Gasteiger partial charge in [0.05, 0.1) is 17.5 Å². The van der Waals surface area contributed by atoms with Gasteiger partial charge in [-0.25, -0.2) is 0 Å². The van der Waals surface area contributed by atoms with Crippen molar-refractivity contribution >= 4 is 46.0 Å². The molecule has 37 heavy (non-hydrogen) atoms. The van der Waals surface area contributed by atoms with Gasteiger partial charge in [-0.15, -0.1) is 0 Å². The zero-order valence-corrected chi connectivity index (χ0v) is 22.6. The molecule has 3 aliphatic rings. The van der Waals surface area contributed by atoms with Crippen molar-refractivity contribution in [2.45, 2.75) is 43.9 Å². The van der Waals surface area contributed by atoms with Crippen LogP contribution in [0.1, 0.15) is 42.1 Å². The second kappa shape index (κ2) is 9.10. The molecule has 6 atom stereocenters. The van der Waals surface area contributed by atoms with Gasteiger partial charge in [0.25, 0.3) is 5.91 Å². The molecule has 0 radical (unpaired) electrons. The number of esters is 1. The minimum atomic E-state index is -2.94. The van der Waals surface area contributed by atoms with Crippen LogP contribution in [0.5, 0.6) is 5.75 Å². The van der Waals surface area contributed by atoms with Crippen LogP contribution in [0.4, 0.5) is 0 Å². The lowest BCUT2D eigenvalue weighted by Crippen LogP contribution is -2.69. The normalized spacial score (nSPS) is 31.2. The van der Waals surface area contributed by atoms with Crippen molar-refractivity contribution < 1.29 is 44.3 Å². The van der Waals surface area contributed by atoms with Gasteiger partial charge in [-0.3, -0.25) is 24.1 Å². The van der Waals surface area contributed by atoms with Gasteiger partial charge in [-0.2, -0.15) is 0 Å². The summed E-state index contributed by atoms with van der Waals surface area (Å²) in [6, 6.07) is 1.62. The van der Waals surface area contributed by atoms with Crippen LogP contribution in [0.25, 0.3) is 0 Å². The number of ketones is 2. The molecule has 4 rings (SSSR count). The first-order valence-corrected chi connectivity index (χ1v) is 12.6. The molecule has 0 spiro atoms. The van der Waals surface area contributed by atoms with Gasteiger partial charge in [0.1, 0.15) is 28.9 Å². The average Bonchev–Trinajstić information content (AvgIpc) is 2.81. The summed E-state index contributed by atoms with van der Waals surface area (Å²) in [7, 11) is 2.99. The fraction of sp³-hybridized carbons (Fsp3) is 0.440. The molecule has 1 aromatic carbocycles. The summed E-state index contributed by atoms with van der Waals surface area (Å²) in [5.41, 5.74) is 1.42. The molecule has 1 amide bonds. The maximum atomic E-state index is 13.8. The molecular weight excluding hydrogens is 599 g/mol. The number of fused-ring (bicyclic) bond motifs is 3. The summed E-state index contributed by atoms with van der Waals surface area (Å²) in [5, 5.41) is 45.0. The first-order valence-electron chi connectivity index (χ1n) is 11.6. The molecule has 0 aliphatic heterocycles. The van der Waals surface area contributed by atoms with Gasteiger partial charge in [-0.1, -0.05) is 13.8 Å². The highest BCUT2D eigenvalue weighted by atomic mass is 127. The van der Waals surface area contributed by atoms with Crippen LogP contribution in [0.2, 0.25) is 0 Å². The van der Waals surface area contributed by atoms with E-state index in [1.54, 1.807) is 13.0 Å². The summed E-state index contributed by atoms with van der Waals surface area (Å²) in [6.07, 6.45) is -1.48. The second-order valence-electron chi connectivity index (χ2n) is 9.72. The summed E-state index contributed by atoms with van der Waals surface area (Å²) in [5.74, 6) is -9.69. The van der Waals surface area contributed by atoms with Crippen molar-refractivity contribution in [3.05, 3.63) is 49.5 Å². The number of phenolic OH excluding ortho intramolecular Hbond substituents is 1. The standard InChI is InChI=1S/C25H27IN2O9/c1-5-11(30)37-21-13-8(2)12-9(26)6-7-10(29)14(12)19(31)15(13)22(33)25(36)17(21)18(28(3)4)20(32)16(23(25)34)24(27)35/h6-8,13,17-18,21,29,32-33,36H,5H2,1-4H3,(H2,27,35)/t8-,13+,17+,18-,21-,25-/m1/s1. The zero-order valence-electron chi connectivity index (χ0n) is 20.5. The van der Waals surface area contributed by atoms with Gasteiger partial charge in [-0.05, 0) is 60.3 Å². The average molecular weight is 626 g/mol. The Hall–Kier alpha value is -2.97. The number of ether oxygens (including phenoxy) is 1. The maximum Gasteiger partial charge on any atom is 0.305 e. The highest BCUT2D eigenvalue weighted by molar-refractivity contribution is 14.1. The van der Waals surface area contributed by atoms with E-state index >= 15 is 0 Å². The number of Topliss-reactive ketones (excluding diaryl/α,β-unsaturated/α-hetero) is 2. The number of nitrogens with zero attached hydrogens (tertiary/aromatic N) is 1. The SMILES string of the molecule is CCC(=O)O[C@@H]1[C@@H]2C(=C(O)[C@@]3(O)C(=O)C(C(N)=O)=C(O)[C@H](N(C)C)[C@@H]13)C(=O)c1c(O)ccc(I)c1[C@H]2C. The lowest BCUT2D eigenvalue weighted by molar-refractivity contribution is -0.180. The first-order chi connectivity index (χ1) is 17.2. The number of aliphatic hydroxyl groups is 3. The minimum absolute atomic E-state index is 0.0778. The van der Waals surface area contributed by atoms with Crippen molar-refractivity contribution in [1.82, 2.24) is 4.90 Å². The summed E-state index contributed by atoms with van der Waals surface area (Å²) >= 11 is 2.00. The topological polar surface area (TPSA) is 188 Å². The molecule has 0 heterocycles. The number of carbonyl (C=O) groups excluding carboxylic acids is 4. The van der Waals surface area contributed by atoms with Crippen LogP contribution in [0, 0.1) is 15.4 Å². The third-order valence-electron chi connectivity index (χ3n) is 7.58. The van der Waals surface area contributed by atoms with Gasteiger partial charge >= 0.3 is 5.97 Å². The van der Waals surface area contributed by atoms with Crippen molar-refractivity contribution in [3.8, 4) is 5.75 Å². The van der Waals surface area contributed by atoms with Crippen LogP contribution in [0.3, 0.4) is 0 Å². The number of aliphatic hydroxyl groups excluding tert-OH is 2. The predicted molar refractivity (Wildman–Crippen MR) is 137 cm³/mol.